The summed E-state index contributed by atoms with van der Waals surface area (Å²) in [5, 5.41) is 1.84. The molecule has 2 rings (SSSR count). The first-order valence-electron chi connectivity index (χ1n) is 5.06. The number of hydrogen-bond acceptors (Lipinski definition) is 4. The van der Waals surface area contributed by atoms with E-state index >= 15 is 0 Å². The second kappa shape index (κ2) is 5.01. The summed E-state index contributed by atoms with van der Waals surface area (Å²) in [6.45, 7) is 0. The van der Waals surface area contributed by atoms with Crippen LogP contribution in [0.1, 0.15) is 15.2 Å². The highest BCUT2D eigenvalue weighted by Gasteiger charge is 2.16. The Hall–Kier alpha value is -1.81. The van der Waals surface area contributed by atoms with Crippen LogP contribution in [-0.2, 0) is 0 Å². The normalized spacial score (nSPS) is 10.0. The predicted octanol–water partition coefficient (Wildman–Crippen LogP) is 3.00. The Morgan fingerprint density at radius 1 is 1.18 bits per heavy atom. The van der Waals surface area contributed by atoms with Crippen LogP contribution in [0.5, 0.6) is 11.5 Å². The van der Waals surface area contributed by atoms with Gasteiger partial charge >= 0.3 is 0 Å². The maximum absolute atomic E-state index is 12.2. The molecular formula is C13H12O3S. The van der Waals surface area contributed by atoms with Crippen molar-refractivity contribution in [3.05, 3.63) is 46.2 Å². The number of rotatable bonds is 4. The predicted molar refractivity (Wildman–Crippen MR) is 67.3 cm³/mol. The molecule has 0 saturated carbocycles. The quantitative estimate of drug-likeness (QED) is 0.780. The third-order valence-corrected chi connectivity index (χ3v) is 3.28. The largest absolute Gasteiger partial charge is 0.497 e. The van der Waals surface area contributed by atoms with Crippen LogP contribution in [0.25, 0.3) is 0 Å². The lowest BCUT2D eigenvalue weighted by molar-refractivity contribution is 0.103. The molecule has 4 heteroatoms. The zero-order chi connectivity index (χ0) is 12.3. The molecule has 17 heavy (non-hydrogen) atoms. The molecule has 0 N–H and O–H groups in total. The van der Waals surface area contributed by atoms with Gasteiger partial charge in [-0.3, -0.25) is 4.79 Å². The standard InChI is InChI=1S/C13H12O3S/c1-15-10-5-3-4-9(8-10)12(14)13-11(16-2)6-7-17-13/h3-8H,1-2H3. The van der Waals surface area contributed by atoms with Crippen LogP contribution in [0, 0.1) is 0 Å². The minimum Gasteiger partial charge on any atom is -0.497 e. The van der Waals surface area contributed by atoms with Crippen LogP contribution in [0.15, 0.2) is 35.7 Å². The molecule has 1 aromatic heterocycles. The zero-order valence-corrected chi connectivity index (χ0v) is 10.4. The van der Waals surface area contributed by atoms with E-state index in [0.717, 1.165) is 0 Å². The zero-order valence-electron chi connectivity index (χ0n) is 9.60. The Labute approximate surface area is 104 Å². The van der Waals surface area contributed by atoms with Crippen molar-refractivity contribution in [2.24, 2.45) is 0 Å². The number of benzene rings is 1. The maximum atomic E-state index is 12.2. The maximum Gasteiger partial charge on any atom is 0.206 e. The number of hydrogen-bond donors (Lipinski definition) is 0. The van der Waals surface area contributed by atoms with Gasteiger partial charge in [-0.1, -0.05) is 12.1 Å². The van der Waals surface area contributed by atoms with E-state index in [4.69, 9.17) is 9.47 Å². The average Bonchev–Trinajstić information content (AvgIpc) is 2.86. The molecule has 0 fully saturated rings. The summed E-state index contributed by atoms with van der Waals surface area (Å²) in [5.74, 6) is 1.24. The van der Waals surface area contributed by atoms with Gasteiger partial charge in [0.2, 0.25) is 5.78 Å². The second-order valence-electron chi connectivity index (χ2n) is 3.38. The molecule has 0 bridgehead atoms. The topological polar surface area (TPSA) is 35.5 Å². The van der Waals surface area contributed by atoms with Gasteiger partial charge in [-0.15, -0.1) is 11.3 Å². The van der Waals surface area contributed by atoms with Crippen LogP contribution in [0.4, 0.5) is 0 Å². The summed E-state index contributed by atoms with van der Waals surface area (Å²) in [5.41, 5.74) is 0.602. The van der Waals surface area contributed by atoms with Crippen LogP contribution < -0.4 is 9.47 Å². The van der Waals surface area contributed by atoms with Crippen molar-refractivity contribution in [2.45, 2.75) is 0 Å². The van der Waals surface area contributed by atoms with Gasteiger partial charge in [0.15, 0.2) is 0 Å². The van der Waals surface area contributed by atoms with Crippen molar-refractivity contribution in [3.8, 4) is 11.5 Å². The van der Waals surface area contributed by atoms with Crippen molar-refractivity contribution in [1.82, 2.24) is 0 Å². The first-order valence-corrected chi connectivity index (χ1v) is 5.94. The van der Waals surface area contributed by atoms with E-state index in [1.165, 1.54) is 11.3 Å². The van der Waals surface area contributed by atoms with E-state index in [2.05, 4.69) is 0 Å². The lowest BCUT2D eigenvalue weighted by Gasteiger charge is -2.04. The van der Waals surface area contributed by atoms with Crippen molar-refractivity contribution in [3.63, 3.8) is 0 Å². The highest BCUT2D eigenvalue weighted by atomic mass is 32.1. The average molecular weight is 248 g/mol. The highest BCUT2D eigenvalue weighted by molar-refractivity contribution is 7.12. The molecule has 0 aliphatic heterocycles. The molecule has 0 unspecified atom stereocenters. The number of ether oxygens (including phenoxy) is 2. The van der Waals surface area contributed by atoms with Gasteiger partial charge in [0.05, 0.1) is 14.2 Å². The lowest BCUT2D eigenvalue weighted by Crippen LogP contribution is -2.01. The van der Waals surface area contributed by atoms with Gasteiger partial charge in [0, 0.05) is 5.56 Å². The molecule has 0 amide bonds. The number of carbonyl (C=O) groups excluding carboxylic acids is 1. The molecule has 88 valence electrons. The van der Waals surface area contributed by atoms with E-state index in [0.29, 0.717) is 21.9 Å². The molecule has 0 spiro atoms. The van der Waals surface area contributed by atoms with E-state index in [1.54, 1.807) is 38.5 Å². The molecule has 0 saturated heterocycles. The van der Waals surface area contributed by atoms with Crippen LogP contribution in [0.2, 0.25) is 0 Å². The van der Waals surface area contributed by atoms with Crippen LogP contribution in [0.3, 0.4) is 0 Å². The minimum absolute atomic E-state index is 0.0456. The summed E-state index contributed by atoms with van der Waals surface area (Å²) in [6, 6.07) is 8.89. The Morgan fingerprint density at radius 3 is 2.71 bits per heavy atom. The first-order chi connectivity index (χ1) is 8.26. The molecular weight excluding hydrogens is 236 g/mol. The fraction of sp³-hybridized carbons (Fsp3) is 0.154. The van der Waals surface area contributed by atoms with Crippen molar-refractivity contribution in [2.75, 3.05) is 14.2 Å². The number of methoxy groups -OCH3 is 2. The third kappa shape index (κ3) is 2.31. The molecule has 0 atom stereocenters. The van der Waals surface area contributed by atoms with Gasteiger partial charge in [-0.2, -0.15) is 0 Å². The first kappa shape index (κ1) is 11.7. The van der Waals surface area contributed by atoms with Gasteiger partial charge in [0.25, 0.3) is 0 Å². The highest BCUT2D eigenvalue weighted by Crippen LogP contribution is 2.28. The van der Waals surface area contributed by atoms with Crippen LogP contribution >= 0.6 is 11.3 Å². The number of ketones is 1. The number of thiophene rings is 1. The molecule has 1 heterocycles. The fourth-order valence-corrected chi connectivity index (χ4v) is 2.34. The third-order valence-electron chi connectivity index (χ3n) is 2.39. The van der Waals surface area contributed by atoms with E-state index in [1.807, 2.05) is 11.4 Å². The van der Waals surface area contributed by atoms with Crippen LogP contribution in [-0.4, -0.2) is 20.0 Å². The summed E-state index contributed by atoms with van der Waals surface area (Å²) >= 11 is 1.38. The Balaban J connectivity index is 2.36. The molecule has 1 aromatic carbocycles. The summed E-state index contributed by atoms with van der Waals surface area (Å²) in [7, 11) is 3.14. The van der Waals surface area contributed by atoms with Gasteiger partial charge in [-0.25, -0.2) is 0 Å². The Kier molecular flexibility index (Phi) is 3.44. The van der Waals surface area contributed by atoms with Gasteiger partial charge in [-0.05, 0) is 23.6 Å². The minimum atomic E-state index is -0.0456. The Bertz CT molecular complexity index is 531. The monoisotopic (exact) mass is 248 g/mol. The van der Waals surface area contributed by atoms with E-state index in [-0.39, 0.29) is 5.78 Å². The van der Waals surface area contributed by atoms with Gasteiger partial charge in [0.1, 0.15) is 16.4 Å². The smallest absolute Gasteiger partial charge is 0.206 e. The van der Waals surface area contributed by atoms with E-state index in [9.17, 15) is 4.79 Å². The fourth-order valence-electron chi connectivity index (χ4n) is 1.52. The Morgan fingerprint density at radius 2 is 2.00 bits per heavy atom. The summed E-state index contributed by atoms with van der Waals surface area (Å²) < 4.78 is 10.2. The van der Waals surface area contributed by atoms with Crippen molar-refractivity contribution in [1.29, 1.82) is 0 Å². The second-order valence-corrected chi connectivity index (χ2v) is 4.30. The van der Waals surface area contributed by atoms with Gasteiger partial charge < -0.3 is 9.47 Å². The SMILES string of the molecule is COc1cccc(C(=O)c2sccc2OC)c1. The van der Waals surface area contributed by atoms with Crippen molar-refractivity contribution < 1.29 is 14.3 Å². The summed E-state index contributed by atoms with van der Waals surface area (Å²) in [4.78, 5) is 12.8. The molecule has 3 nitrogen and oxygen atoms in total. The molecule has 0 aliphatic rings. The lowest BCUT2D eigenvalue weighted by atomic mass is 10.1. The summed E-state index contributed by atoms with van der Waals surface area (Å²) in [6.07, 6.45) is 0. The molecule has 0 aliphatic carbocycles. The molecule has 2 aromatic rings. The van der Waals surface area contributed by atoms with E-state index < -0.39 is 0 Å². The molecule has 0 radical (unpaired) electrons. The number of carbonyl (C=O) groups is 1. The van der Waals surface area contributed by atoms with Crippen molar-refractivity contribution >= 4 is 17.1 Å².